The number of nitrogens with one attached hydrogen (secondary N) is 1. The summed E-state index contributed by atoms with van der Waals surface area (Å²) in [5.41, 5.74) is 0. The van der Waals surface area contributed by atoms with Gasteiger partial charge in [0.1, 0.15) is 5.76 Å². The fraction of sp³-hybridized carbons (Fsp3) is 0.750. The van der Waals surface area contributed by atoms with Gasteiger partial charge in [-0.25, -0.2) is 0 Å². The van der Waals surface area contributed by atoms with E-state index in [0.717, 1.165) is 69.9 Å². The third-order valence-electron chi connectivity index (χ3n) is 4.94. The number of guanidine groups is 1. The Balaban J connectivity index is 0.00000261. The van der Waals surface area contributed by atoms with Crippen LogP contribution >= 0.6 is 24.0 Å². The van der Waals surface area contributed by atoms with Crippen molar-refractivity contribution in [2.45, 2.75) is 44.6 Å². The average Bonchev–Trinajstić information content (AvgIpc) is 3.35. The first-order valence-electron chi connectivity index (χ1n) is 10.0. The van der Waals surface area contributed by atoms with Crippen LogP contribution in [0.3, 0.4) is 0 Å². The lowest BCUT2D eigenvalue weighted by Crippen LogP contribution is -2.42. The van der Waals surface area contributed by atoms with Gasteiger partial charge in [0.05, 0.1) is 25.5 Å². The van der Waals surface area contributed by atoms with Crippen molar-refractivity contribution in [2.24, 2.45) is 10.9 Å². The summed E-state index contributed by atoms with van der Waals surface area (Å²) in [6.07, 6.45) is 9.00. The molecule has 1 atom stereocenters. The van der Waals surface area contributed by atoms with Crippen LogP contribution in [0, 0.1) is 5.92 Å². The number of aliphatic imine (C=N–C) groups is 1. The Kier molecular flexibility index (Phi) is 10.5. The molecule has 2 fully saturated rings. The summed E-state index contributed by atoms with van der Waals surface area (Å²) in [6.45, 7) is 4.87. The summed E-state index contributed by atoms with van der Waals surface area (Å²) in [6, 6.07) is 3.93. The smallest absolute Gasteiger partial charge is 0.193 e. The quantitative estimate of drug-likeness (QED) is 0.236. The van der Waals surface area contributed by atoms with Crippen LogP contribution in [0.25, 0.3) is 0 Å². The van der Waals surface area contributed by atoms with Crippen LogP contribution in [0.15, 0.2) is 27.8 Å². The zero-order chi connectivity index (χ0) is 18.0. The lowest BCUT2D eigenvalue weighted by Gasteiger charge is -2.25. The normalized spacial score (nSPS) is 20.2. The van der Waals surface area contributed by atoms with E-state index in [2.05, 4.69) is 17.3 Å². The summed E-state index contributed by atoms with van der Waals surface area (Å²) in [5.74, 6) is 2.71. The minimum Gasteiger partial charge on any atom is -0.469 e. The standard InChI is InChI=1S/C20H33N3O3.HI/c1-23(11-14-24-16-17-7-8-17)20(21-10-9-18-6-4-13-25-18)22-15-19-5-2-3-12-26-19;/h4,6,13,17,19H,2-3,5,7-12,14-16H2,1H3,(H,21,22);1H. The number of nitrogens with zero attached hydrogens (tertiary/aromatic N) is 2. The fourth-order valence-electron chi connectivity index (χ4n) is 3.05. The number of furan rings is 1. The minimum atomic E-state index is 0. The van der Waals surface area contributed by atoms with Crippen LogP contribution in [-0.4, -0.2) is 63.5 Å². The monoisotopic (exact) mass is 491 g/mol. The molecule has 2 aliphatic rings. The molecule has 3 rings (SSSR count). The Hall–Kier alpha value is -0.800. The SMILES string of the molecule is CN(CCOCC1CC1)C(=NCC1CCCCO1)NCCc1ccco1.I. The molecule has 6 nitrogen and oxygen atoms in total. The number of rotatable bonds is 10. The molecule has 0 radical (unpaired) electrons. The lowest BCUT2D eigenvalue weighted by molar-refractivity contribution is 0.0223. The highest BCUT2D eigenvalue weighted by molar-refractivity contribution is 14.0. The largest absolute Gasteiger partial charge is 0.469 e. The number of hydrogen-bond donors (Lipinski definition) is 1. The molecule has 0 aromatic carbocycles. The van der Waals surface area contributed by atoms with Gasteiger partial charge in [-0.1, -0.05) is 0 Å². The van der Waals surface area contributed by atoms with E-state index in [1.165, 1.54) is 25.7 Å². The number of ether oxygens (including phenoxy) is 2. The van der Waals surface area contributed by atoms with Crippen LogP contribution in [0.5, 0.6) is 0 Å². The van der Waals surface area contributed by atoms with E-state index in [1.807, 2.05) is 12.1 Å². The van der Waals surface area contributed by atoms with E-state index < -0.39 is 0 Å². The Morgan fingerprint density at radius 3 is 2.93 bits per heavy atom. The van der Waals surface area contributed by atoms with Crippen molar-refractivity contribution < 1.29 is 13.9 Å². The van der Waals surface area contributed by atoms with Crippen molar-refractivity contribution in [2.75, 3.05) is 46.5 Å². The number of halogens is 1. The van der Waals surface area contributed by atoms with Crippen LogP contribution in [-0.2, 0) is 15.9 Å². The van der Waals surface area contributed by atoms with Gasteiger partial charge in [0.25, 0.3) is 0 Å². The number of hydrogen-bond acceptors (Lipinski definition) is 4. The van der Waals surface area contributed by atoms with Gasteiger partial charge >= 0.3 is 0 Å². The second-order valence-corrected chi connectivity index (χ2v) is 7.35. The predicted octanol–water partition coefficient (Wildman–Crippen LogP) is 3.31. The first kappa shape index (κ1) is 22.5. The van der Waals surface area contributed by atoms with E-state index in [0.29, 0.717) is 0 Å². The van der Waals surface area contributed by atoms with Gasteiger partial charge in [-0.2, -0.15) is 0 Å². The third-order valence-corrected chi connectivity index (χ3v) is 4.94. The Bertz CT molecular complexity index is 529. The molecule has 1 aliphatic carbocycles. The Labute approximate surface area is 180 Å². The third kappa shape index (κ3) is 8.83. The van der Waals surface area contributed by atoms with Crippen molar-refractivity contribution in [1.82, 2.24) is 10.2 Å². The predicted molar refractivity (Wildman–Crippen MR) is 118 cm³/mol. The molecular formula is C20H34IN3O3. The van der Waals surface area contributed by atoms with Crippen LogP contribution in [0.2, 0.25) is 0 Å². The molecule has 1 saturated heterocycles. The van der Waals surface area contributed by atoms with Gasteiger partial charge in [-0.05, 0) is 50.2 Å². The lowest BCUT2D eigenvalue weighted by atomic mass is 10.1. The summed E-state index contributed by atoms with van der Waals surface area (Å²) >= 11 is 0. The second-order valence-electron chi connectivity index (χ2n) is 7.35. The summed E-state index contributed by atoms with van der Waals surface area (Å²) in [7, 11) is 2.07. The van der Waals surface area contributed by atoms with Crippen LogP contribution in [0.1, 0.15) is 37.9 Å². The van der Waals surface area contributed by atoms with Crippen molar-refractivity contribution in [3.8, 4) is 0 Å². The molecular weight excluding hydrogens is 457 g/mol. The maximum absolute atomic E-state index is 5.81. The number of likely N-dealkylation sites (N-methyl/N-ethyl adjacent to an activating group) is 1. The average molecular weight is 491 g/mol. The first-order valence-corrected chi connectivity index (χ1v) is 10.0. The van der Waals surface area contributed by atoms with Crippen molar-refractivity contribution in [3.63, 3.8) is 0 Å². The minimum absolute atomic E-state index is 0. The summed E-state index contributed by atoms with van der Waals surface area (Å²) < 4.78 is 17.0. The molecule has 1 N–H and O–H groups in total. The summed E-state index contributed by atoms with van der Waals surface area (Å²) in [4.78, 5) is 6.96. The molecule has 1 unspecified atom stereocenters. The van der Waals surface area contributed by atoms with Gasteiger partial charge < -0.3 is 24.1 Å². The van der Waals surface area contributed by atoms with E-state index >= 15 is 0 Å². The molecule has 2 heterocycles. The van der Waals surface area contributed by atoms with E-state index in [1.54, 1.807) is 6.26 Å². The van der Waals surface area contributed by atoms with E-state index in [4.69, 9.17) is 18.9 Å². The van der Waals surface area contributed by atoms with Gasteiger partial charge in [-0.3, -0.25) is 4.99 Å². The van der Waals surface area contributed by atoms with Crippen molar-refractivity contribution >= 4 is 29.9 Å². The topological polar surface area (TPSA) is 59.2 Å². The van der Waals surface area contributed by atoms with Gasteiger partial charge in [-0.15, -0.1) is 24.0 Å². The molecule has 0 amide bonds. The second kappa shape index (κ2) is 12.6. The molecule has 1 aliphatic heterocycles. The highest BCUT2D eigenvalue weighted by Gasteiger charge is 2.21. The first-order chi connectivity index (χ1) is 12.8. The molecule has 1 saturated carbocycles. The Morgan fingerprint density at radius 2 is 2.22 bits per heavy atom. The molecule has 1 aromatic heterocycles. The molecule has 0 bridgehead atoms. The molecule has 0 spiro atoms. The zero-order valence-electron chi connectivity index (χ0n) is 16.4. The van der Waals surface area contributed by atoms with Crippen LogP contribution < -0.4 is 5.32 Å². The van der Waals surface area contributed by atoms with E-state index in [-0.39, 0.29) is 30.1 Å². The van der Waals surface area contributed by atoms with Gasteiger partial charge in [0.2, 0.25) is 0 Å². The van der Waals surface area contributed by atoms with Crippen molar-refractivity contribution in [3.05, 3.63) is 24.2 Å². The van der Waals surface area contributed by atoms with Gasteiger partial charge in [0, 0.05) is 39.8 Å². The summed E-state index contributed by atoms with van der Waals surface area (Å²) in [5, 5.41) is 3.46. The van der Waals surface area contributed by atoms with E-state index in [9.17, 15) is 0 Å². The highest BCUT2D eigenvalue weighted by Crippen LogP contribution is 2.28. The highest BCUT2D eigenvalue weighted by atomic mass is 127. The maximum atomic E-state index is 5.81. The molecule has 1 aromatic rings. The maximum Gasteiger partial charge on any atom is 0.193 e. The van der Waals surface area contributed by atoms with Gasteiger partial charge in [0.15, 0.2) is 5.96 Å². The van der Waals surface area contributed by atoms with Crippen molar-refractivity contribution in [1.29, 1.82) is 0 Å². The zero-order valence-corrected chi connectivity index (χ0v) is 18.7. The fourth-order valence-corrected chi connectivity index (χ4v) is 3.05. The Morgan fingerprint density at radius 1 is 1.33 bits per heavy atom. The molecule has 27 heavy (non-hydrogen) atoms. The van der Waals surface area contributed by atoms with Crippen LogP contribution in [0.4, 0.5) is 0 Å². The molecule has 154 valence electrons. The molecule has 7 heteroatoms.